The Hall–Kier alpha value is -3.27. The van der Waals surface area contributed by atoms with Crippen LogP contribution in [-0.2, 0) is 12.8 Å². The van der Waals surface area contributed by atoms with E-state index in [1.807, 2.05) is 49.5 Å². The molecule has 3 rings (SSSR count). The Morgan fingerprint density at radius 1 is 0.900 bits per heavy atom. The van der Waals surface area contributed by atoms with Gasteiger partial charge in [0.25, 0.3) is 5.91 Å². The quantitative estimate of drug-likeness (QED) is 0.354. The zero-order chi connectivity index (χ0) is 21.2. The maximum atomic E-state index is 12.4. The molecule has 0 unspecified atom stereocenters. The van der Waals surface area contributed by atoms with Gasteiger partial charge in [0.15, 0.2) is 0 Å². The van der Waals surface area contributed by atoms with Crippen molar-refractivity contribution in [2.24, 2.45) is 0 Å². The molecule has 4 nitrogen and oxygen atoms in total. The fourth-order valence-corrected chi connectivity index (χ4v) is 3.32. The van der Waals surface area contributed by atoms with Crippen LogP contribution in [0.15, 0.2) is 66.9 Å². The molecule has 154 valence electrons. The van der Waals surface area contributed by atoms with Gasteiger partial charge in [0.05, 0.1) is 0 Å². The molecule has 1 heterocycles. The highest BCUT2D eigenvalue weighted by Crippen LogP contribution is 2.19. The maximum absolute atomic E-state index is 12.4. The van der Waals surface area contributed by atoms with Gasteiger partial charge in [0.2, 0.25) is 0 Å². The molecule has 1 amide bonds. The van der Waals surface area contributed by atoms with Gasteiger partial charge in [0, 0.05) is 29.6 Å². The molecule has 0 spiro atoms. The second-order valence-electron chi connectivity index (χ2n) is 7.54. The fourth-order valence-electron chi connectivity index (χ4n) is 3.32. The number of benzene rings is 2. The Bertz CT molecular complexity index is 945. The van der Waals surface area contributed by atoms with Crippen LogP contribution in [0.3, 0.4) is 0 Å². The van der Waals surface area contributed by atoms with E-state index in [0.29, 0.717) is 12.1 Å². The lowest BCUT2D eigenvalue weighted by atomic mass is 10.0. The van der Waals surface area contributed by atoms with E-state index in [-0.39, 0.29) is 5.91 Å². The average Bonchev–Trinajstić information content (AvgIpc) is 2.78. The summed E-state index contributed by atoms with van der Waals surface area (Å²) in [4.78, 5) is 16.7. The van der Waals surface area contributed by atoms with Gasteiger partial charge in [0.1, 0.15) is 0 Å². The summed E-state index contributed by atoms with van der Waals surface area (Å²) in [5.74, 6) is -0.0496. The van der Waals surface area contributed by atoms with E-state index in [1.54, 1.807) is 0 Å². The molecule has 1 aromatic heterocycles. The molecule has 0 aliphatic carbocycles. The molecule has 3 aromatic rings. The predicted octanol–water partition coefficient (Wildman–Crippen LogP) is 5.39. The number of hydrogen-bond donors (Lipinski definition) is 2. The number of hydrogen-bond acceptors (Lipinski definition) is 3. The van der Waals surface area contributed by atoms with Crippen LogP contribution in [0.1, 0.15) is 46.4 Å². The van der Waals surface area contributed by atoms with Gasteiger partial charge in [-0.3, -0.25) is 9.78 Å². The molecule has 4 heteroatoms. The number of pyridine rings is 1. The van der Waals surface area contributed by atoms with Gasteiger partial charge in [-0.15, -0.1) is 0 Å². The van der Waals surface area contributed by atoms with Crippen LogP contribution in [0.4, 0.5) is 0 Å². The molecular formula is C26H29N3O. The van der Waals surface area contributed by atoms with Crippen molar-refractivity contribution in [3.05, 3.63) is 89.2 Å². The summed E-state index contributed by atoms with van der Waals surface area (Å²) in [7, 11) is 0. The summed E-state index contributed by atoms with van der Waals surface area (Å²) in [6, 6.07) is 20.3. The Labute approximate surface area is 178 Å². The molecule has 0 saturated heterocycles. The van der Waals surface area contributed by atoms with Gasteiger partial charge >= 0.3 is 0 Å². The number of amides is 1. The van der Waals surface area contributed by atoms with Crippen molar-refractivity contribution in [1.82, 2.24) is 10.3 Å². The maximum Gasteiger partial charge on any atom is 0.251 e. The van der Waals surface area contributed by atoms with Crippen molar-refractivity contribution in [3.8, 4) is 11.1 Å². The topological polar surface area (TPSA) is 65.8 Å². The summed E-state index contributed by atoms with van der Waals surface area (Å²) < 4.78 is 0. The zero-order valence-electron chi connectivity index (χ0n) is 17.5. The van der Waals surface area contributed by atoms with Gasteiger partial charge in [-0.2, -0.15) is 0 Å². The minimum absolute atomic E-state index is 0.0496. The van der Waals surface area contributed by atoms with Crippen LogP contribution in [0.5, 0.6) is 0 Å². The van der Waals surface area contributed by atoms with E-state index in [4.69, 9.17) is 5.41 Å². The zero-order valence-corrected chi connectivity index (χ0v) is 17.5. The van der Waals surface area contributed by atoms with Gasteiger partial charge in [-0.05, 0) is 80.1 Å². The second-order valence-corrected chi connectivity index (χ2v) is 7.54. The van der Waals surface area contributed by atoms with Crippen LogP contribution in [0.25, 0.3) is 11.1 Å². The first-order chi connectivity index (χ1) is 14.7. The predicted molar refractivity (Wildman–Crippen MR) is 123 cm³/mol. The number of carbonyl (C=O) groups excluding carboxylic acids is 1. The molecule has 2 aromatic carbocycles. The standard InChI is InChI=1S/C26H29N3O/c1-20-6-11-25(19-29-20)23-12-14-24(15-13-23)26(30)28-18-16-22-9-7-21(8-10-22)5-3-2-4-17-27/h6-15,17,19,27H,2-5,16,18H2,1H3,(H,28,30). The number of aryl methyl sites for hydroxylation is 2. The molecule has 0 radical (unpaired) electrons. The Kier molecular flexibility index (Phi) is 7.90. The largest absolute Gasteiger partial charge is 0.352 e. The van der Waals surface area contributed by atoms with Crippen molar-refractivity contribution in [1.29, 1.82) is 5.41 Å². The molecule has 0 saturated carbocycles. The average molecular weight is 400 g/mol. The van der Waals surface area contributed by atoms with Gasteiger partial charge < -0.3 is 10.7 Å². The van der Waals surface area contributed by atoms with Crippen molar-refractivity contribution in [2.45, 2.75) is 39.0 Å². The summed E-state index contributed by atoms with van der Waals surface area (Å²) >= 11 is 0. The third-order valence-electron chi connectivity index (χ3n) is 5.18. The second kappa shape index (κ2) is 11.1. The molecule has 0 fully saturated rings. The van der Waals surface area contributed by atoms with E-state index in [9.17, 15) is 4.79 Å². The van der Waals surface area contributed by atoms with Crippen molar-refractivity contribution in [2.75, 3.05) is 6.54 Å². The Morgan fingerprint density at radius 2 is 1.57 bits per heavy atom. The number of aromatic nitrogens is 1. The Balaban J connectivity index is 1.45. The summed E-state index contributed by atoms with van der Waals surface area (Å²) in [6.45, 7) is 2.58. The van der Waals surface area contributed by atoms with E-state index >= 15 is 0 Å². The third-order valence-corrected chi connectivity index (χ3v) is 5.18. The summed E-state index contributed by atoms with van der Waals surface area (Å²) in [5, 5.41) is 10.1. The first-order valence-corrected chi connectivity index (χ1v) is 10.5. The summed E-state index contributed by atoms with van der Waals surface area (Å²) in [5.41, 5.74) is 6.31. The van der Waals surface area contributed by atoms with Crippen molar-refractivity contribution < 1.29 is 4.79 Å². The smallest absolute Gasteiger partial charge is 0.251 e. The van der Waals surface area contributed by atoms with Gasteiger partial charge in [-0.25, -0.2) is 0 Å². The van der Waals surface area contributed by atoms with Gasteiger partial charge in [-0.1, -0.05) is 42.5 Å². The summed E-state index contributed by atoms with van der Waals surface area (Å²) in [6.07, 6.45) is 8.25. The van der Waals surface area contributed by atoms with Crippen molar-refractivity contribution in [3.63, 3.8) is 0 Å². The lowest BCUT2D eigenvalue weighted by Gasteiger charge is -2.08. The molecule has 0 bridgehead atoms. The molecular weight excluding hydrogens is 370 g/mol. The lowest BCUT2D eigenvalue weighted by molar-refractivity contribution is 0.0954. The Morgan fingerprint density at radius 3 is 2.20 bits per heavy atom. The lowest BCUT2D eigenvalue weighted by Crippen LogP contribution is -2.25. The third kappa shape index (κ3) is 6.38. The first-order valence-electron chi connectivity index (χ1n) is 10.5. The molecule has 0 atom stereocenters. The molecule has 30 heavy (non-hydrogen) atoms. The number of rotatable bonds is 10. The van der Waals surface area contributed by atoms with Crippen LogP contribution in [0.2, 0.25) is 0 Å². The number of unbranched alkanes of at least 4 members (excludes halogenated alkanes) is 2. The highest BCUT2D eigenvalue weighted by atomic mass is 16.1. The van der Waals surface area contributed by atoms with E-state index in [0.717, 1.165) is 48.9 Å². The minimum atomic E-state index is -0.0496. The normalized spacial score (nSPS) is 10.6. The molecule has 0 aliphatic heterocycles. The van der Waals surface area contributed by atoms with Crippen LogP contribution in [-0.4, -0.2) is 23.7 Å². The highest BCUT2D eigenvalue weighted by Gasteiger charge is 2.06. The monoisotopic (exact) mass is 399 g/mol. The SMILES string of the molecule is Cc1ccc(-c2ccc(C(=O)NCCc3ccc(CCCCC=N)cc3)cc2)cn1. The number of nitrogens with zero attached hydrogens (tertiary/aromatic N) is 1. The highest BCUT2D eigenvalue weighted by molar-refractivity contribution is 5.94. The first kappa shape index (κ1) is 21.4. The van der Waals surface area contributed by atoms with E-state index in [2.05, 4.69) is 34.6 Å². The number of carbonyl (C=O) groups is 1. The minimum Gasteiger partial charge on any atom is -0.352 e. The number of nitrogens with one attached hydrogen (secondary N) is 2. The van der Waals surface area contributed by atoms with Crippen LogP contribution < -0.4 is 5.32 Å². The fraction of sp³-hybridized carbons (Fsp3) is 0.269. The van der Waals surface area contributed by atoms with Crippen molar-refractivity contribution >= 4 is 12.1 Å². The van der Waals surface area contributed by atoms with E-state index < -0.39 is 0 Å². The van der Waals surface area contributed by atoms with E-state index in [1.165, 1.54) is 17.3 Å². The molecule has 2 N–H and O–H groups in total. The molecule has 0 aliphatic rings. The van der Waals surface area contributed by atoms with Crippen LogP contribution >= 0.6 is 0 Å². The van der Waals surface area contributed by atoms with Crippen LogP contribution in [0, 0.1) is 12.3 Å².